The van der Waals surface area contributed by atoms with E-state index >= 15 is 0 Å². The summed E-state index contributed by atoms with van der Waals surface area (Å²) in [6.07, 6.45) is 0.143. The van der Waals surface area contributed by atoms with Gasteiger partial charge in [0, 0.05) is 9.75 Å². The molecule has 124 valence electrons. The number of urea groups is 1. The van der Waals surface area contributed by atoms with Gasteiger partial charge in [-0.1, -0.05) is 6.07 Å². The largest absolute Gasteiger partial charge is 0.352 e. The molecule has 3 amide bonds. The third-order valence-corrected chi connectivity index (χ3v) is 5.54. The maximum Gasteiger partial charge on any atom is 0.312 e. The zero-order valence-electron chi connectivity index (χ0n) is 13.3. The molecule has 0 radical (unpaired) electrons. The van der Waals surface area contributed by atoms with Crippen LogP contribution in [-0.4, -0.2) is 16.9 Å². The lowest BCUT2D eigenvalue weighted by molar-refractivity contribution is -0.122. The molecule has 2 aromatic rings. The molecule has 0 spiro atoms. The standard InChI is InChI=1S/C15H20N4O2S2/c1-8-14(23-10(3)17-8)9(2)18-13(20)7-11(19-15(16)21)12-5-4-6-22-12/h4-6,9,11H,7H2,1-3H3,(H,18,20)(H3,16,19,21)/t9-,11+/m0/s1. The van der Waals surface area contributed by atoms with Crippen LogP contribution in [0.1, 0.15) is 45.9 Å². The van der Waals surface area contributed by atoms with Gasteiger partial charge in [0.25, 0.3) is 0 Å². The maximum absolute atomic E-state index is 12.3. The van der Waals surface area contributed by atoms with Gasteiger partial charge in [0.1, 0.15) is 0 Å². The molecule has 8 heteroatoms. The molecule has 0 bridgehead atoms. The minimum absolute atomic E-state index is 0.119. The van der Waals surface area contributed by atoms with Crippen LogP contribution in [0.15, 0.2) is 17.5 Å². The summed E-state index contributed by atoms with van der Waals surface area (Å²) in [5, 5.41) is 8.46. The van der Waals surface area contributed by atoms with Crippen molar-refractivity contribution >= 4 is 34.6 Å². The molecule has 2 atom stereocenters. The van der Waals surface area contributed by atoms with Gasteiger partial charge in [-0.3, -0.25) is 4.79 Å². The van der Waals surface area contributed by atoms with Crippen LogP contribution in [0.25, 0.3) is 0 Å². The van der Waals surface area contributed by atoms with Gasteiger partial charge >= 0.3 is 6.03 Å². The monoisotopic (exact) mass is 352 g/mol. The Morgan fingerprint density at radius 3 is 2.61 bits per heavy atom. The van der Waals surface area contributed by atoms with Crippen LogP contribution in [0.2, 0.25) is 0 Å². The first-order valence-corrected chi connectivity index (χ1v) is 8.89. The average Bonchev–Trinajstić information content (AvgIpc) is 3.06. The number of carbonyl (C=O) groups excluding carboxylic acids is 2. The summed E-state index contributed by atoms with van der Waals surface area (Å²) >= 11 is 3.06. The van der Waals surface area contributed by atoms with E-state index in [1.807, 2.05) is 38.3 Å². The molecule has 0 unspecified atom stereocenters. The molecule has 0 aliphatic carbocycles. The molecule has 0 aromatic carbocycles. The second-order valence-electron chi connectivity index (χ2n) is 5.25. The van der Waals surface area contributed by atoms with Gasteiger partial charge in [-0.15, -0.1) is 22.7 Å². The first-order valence-electron chi connectivity index (χ1n) is 7.19. The summed E-state index contributed by atoms with van der Waals surface area (Å²) in [6.45, 7) is 5.81. The first-order chi connectivity index (χ1) is 10.9. The van der Waals surface area contributed by atoms with Crippen LogP contribution >= 0.6 is 22.7 Å². The van der Waals surface area contributed by atoms with E-state index in [0.29, 0.717) is 0 Å². The van der Waals surface area contributed by atoms with Crippen LogP contribution in [0.3, 0.4) is 0 Å². The smallest absolute Gasteiger partial charge is 0.312 e. The number of amides is 3. The number of thiophene rings is 1. The van der Waals surface area contributed by atoms with Gasteiger partial charge in [0.2, 0.25) is 5.91 Å². The molecule has 2 rings (SSSR count). The number of nitrogens with zero attached hydrogens (tertiary/aromatic N) is 1. The SMILES string of the molecule is Cc1nc(C)c([C@H](C)NC(=O)C[C@@H](NC(N)=O)c2cccs2)s1. The molecular formula is C15H20N4O2S2. The molecule has 0 saturated carbocycles. The Bertz CT molecular complexity index is 682. The van der Waals surface area contributed by atoms with Crippen LogP contribution in [0, 0.1) is 13.8 Å². The minimum Gasteiger partial charge on any atom is -0.352 e. The van der Waals surface area contributed by atoms with Gasteiger partial charge < -0.3 is 16.4 Å². The Hall–Kier alpha value is -1.93. The van der Waals surface area contributed by atoms with Crippen molar-refractivity contribution in [2.75, 3.05) is 0 Å². The molecule has 2 heterocycles. The fourth-order valence-corrected chi connectivity index (χ4v) is 4.09. The van der Waals surface area contributed by atoms with Gasteiger partial charge in [-0.2, -0.15) is 0 Å². The van der Waals surface area contributed by atoms with Crippen molar-refractivity contribution in [1.29, 1.82) is 0 Å². The van der Waals surface area contributed by atoms with E-state index in [9.17, 15) is 9.59 Å². The predicted octanol–water partition coefficient (Wildman–Crippen LogP) is 2.80. The van der Waals surface area contributed by atoms with Crippen molar-refractivity contribution < 1.29 is 9.59 Å². The highest BCUT2D eigenvalue weighted by atomic mass is 32.1. The molecule has 0 aliphatic heterocycles. The van der Waals surface area contributed by atoms with Crippen LogP contribution in [0.4, 0.5) is 4.79 Å². The highest BCUT2D eigenvalue weighted by Gasteiger charge is 2.21. The number of rotatable bonds is 6. The lowest BCUT2D eigenvalue weighted by atomic mass is 10.1. The van der Waals surface area contributed by atoms with E-state index in [0.717, 1.165) is 20.5 Å². The second kappa shape index (κ2) is 7.56. The number of aryl methyl sites for hydroxylation is 2. The molecule has 0 fully saturated rings. The van der Waals surface area contributed by atoms with E-state index in [4.69, 9.17) is 5.73 Å². The van der Waals surface area contributed by atoms with Crippen molar-refractivity contribution in [3.8, 4) is 0 Å². The molecule has 0 aliphatic rings. The lowest BCUT2D eigenvalue weighted by Crippen LogP contribution is -2.36. The van der Waals surface area contributed by atoms with Crippen molar-refractivity contribution in [2.24, 2.45) is 5.73 Å². The molecule has 6 nitrogen and oxygen atoms in total. The normalized spacial score (nSPS) is 13.3. The van der Waals surface area contributed by atoms with E-state index in [-0.39, 0.29) is 18.4 Å². The van der Waals surface area contributed by atoms with E-state index in [1.54, 1.807) is 11.3 Å². The van der Waals surface area contributed by atoms with Crippen molar-refractivity contribution in [3.05, 3.63) is 38.0 Å². The van der Waals surface area contributed by atoms with E-state index in [2.05, 4.69) is 15.6 Å². The number of carbonyl (C=O) groups is 2. The summed E-state index contributed by atoms with van der Waals surface area (Å²) in [4.78, 5) is 29.8. The highest BCUT2D eigenvalue weighted by Crippen LogP contribution is 2.26. The fourth-order valence-electron chi connectivity index (χ4n) is 2.38. The van der Waals surface area contributed by atoms with Crippen LogP contribution < -0.4 is 16.4 Å². The summed E-state index contributed by atoms with van der Waals surface area (Å²) in [7, 11) is 0. The number of nitrogens with two attached hydrogens (primary N) is 1. The zero-order chi connectivity index (χ0) is 17.0. The average molecular weight is 352 g/mol. The Labute approximate surface area is 143 Å². The summed E-state index contributed by atoms with van der Waals surface area (Å²) in [5.41, 5.74) is 6.14. The highest BCUT2D eigenvalue weighted by molar-refractivity contribution is 7.11. The van der Waals surface area contributed by atoms with Crippen LogP contribution in [-0.2, 0) is 4.79 Å². The Kier molecular flexibility index (Phi) is 5.73. The van der Waals surface area contributed by atoms with Crippen molar-refractivity contribution in [1.82, 2.24) is 15.6 Å². The number of primary amides is 1. The fraction of sp³-hybridized carbons (Fsp3) is 0.400. The minimum atomic E-state index is -0.641. The van der Waals surface area contributed by atoms with Gasteiger partial charge in [-0.05, 0) is 32.2 Å². The van der Waals surface area contributed by atoms with Crippen molar-refractivity contribution in [2.45, 2.75) is 39.3 Å². The second-order valence-corrected chi connectivity index (χ2v) is 7.47. The zero-order valence-corrected chi connectivity index (χ0v) is 14.9. The topological polar surface area (TPSA) is 97.1 Å². The third kappa shape index (κ3) is 4.77. The van der Waals surface area contributed by atoms with Gasteiger partial charge in [0.05, 0.1) is 29.2 Å². The Morgan fingerprint density at radius 1 is 1.35 bits per heavy atom. The maximum atomic E-state index is 12.3. The molecule has 0 saturated heterocycles. The van der Waals surface area contributed by atoms with Crippen molar-refractivity contribution in [3.63, 3.8) is 0 Å². The number of aromatic nitrogens is 1. The molecule has 2 aromatic heterocycles. The number of hydrogen-bond acceptors (Lipinski definition) is 5. The predicted molar refractivity (Wildman–Crippen MR) is 92.5 cm³/mol. The molecule has 23 heavy (non-hydrogen) atoms. The Morgan fingerprint density at radius 2 is 2.09 bits per heavy atom. The summed E-state index contributed by atoms with van der Waals surface area (Å²) < 4.78 is 0. The van der Waals surface area contributed by atoms with E-state index < -0.39 is 12.1 Å². The van der Waals surface area contributed by atoms with E-state index in [1.165, 1.54) is 11.3 Å². The lowest BCUT2D eigenvalue weighted by Gasteiger charge is -2.18. The number of hydrogen-bond donors (Lipinski definition) is 3. The summed E-state index contributed by atoms with van der Waals surface area (Å²) in [5.74, 6) is -0.143. The summed E-state index contributed by atoms with van der Waals surface area (Å²) in [6, 6.07) is 2.58. The van der Waals surface area contributed by atoms with Gasteiger partial charge in [0.15, 0.2) is 0 Å². The van der Waals surface area contributed by atoms with Gasteiger partial charge in [-0.25, -0.2) is 9.78 Å². The van der Waals surface area contributed by atoms with Crippen LogP contribution in [0.5, 0.6) is 0 Å². The third-order valence-electron chi connectivity index (χ3n) is 3.30. The Balaban J connectivity index is 2.01. The first kappa shape index (κ1) is 17.4. The molecular weight excluding hydrogens is 332 g/mol. The molecule has 4 N–H and O–H groups in total. The quantitative estimate of drug-likeness (QED) is 0.745. The number of nitrogens with one attached hydrogen (secondary N) is 2. The number of thiazole rings is 1.